The van der Waals surface area contributed by atoms with Gasteiger partial charge in [-0.1, -0.05) is 30.3 Å². The second-order valence-electron chi connectivity index (χ2n) is 7.44. The van der Waals surface area contributed by atoms with Crippen LogP contribution in [-0.4, -0.2) is 43.0 Å². The van der Waals surface area contributed by atoms with E-state index in [1.54, 1.807) is 42.5 Å². The summed E-state index contributed by atoms with van der Waals surface area (Å²) < 4.78 is 10.9. The number of rotatable bonds is 6. The Morgan fingerprint density at radius 1 is 0.733 bits per heavy atom. The minimum absolute atomic E-state index is 0.166. The van der Waals surface area contributed by atoms with Crippen LogP contribution in [0.25, 0.3) is 0 Å². The highest BCUT2D eigenvalue weighted by Gasteiger charge is 2.27. The Hall–Kier alpha value is -3.03. The minimum atomic E-state index is -0.528. The quantitative estimate of drug-likeness (QED) is 0.716. The summed E-state index contributed by atoms with van der Waals surface area (Å²) in [6.07, 6.45) is 1.94. The number of carbonyl (C=O) groups is 3. The lowest BCUT2D eigenvalue weighted by Gasteiger charge is -2.17. The lowest BCUT2D eigenvalue weighted by molar-refractivity contribution is -0.125. The van der Waals surface area contributed by atoms with Crippen LogP contribution in [-0.2, 0) is 19.1 Å². The van der Waals surface area contributed by atoms with Gasteiger partial charge in [0.2, 0.25) is 0 Å². The van der Waals surface area contributed by atoms with Crippen molar-refractivity contribution in [2.24, 2.45) is 0 Å². The van der Waals surface area contributed by atoms with Crippen LogP contribution >= 0.6 is 0 Å². The van der Waals surface area contributed by atoms with Gasteiger partial charge in [0.05, 0.1) is 11.4 Å². The molecule has 7 nitrogen and oxygen atoms in total. The molecule has 7 heteroatoms. The molecule has 0 aliphatic carbocycles. The molecule has 4 rings (SSSR count). The van der Waals surface area contributed by atoms with Gasteiger partial charge in [-0.3, -0.25) is 14.4 Å². The first-order chi connectivity index (χ1) is 14.6. The third-order valence-corrected chi connectivity index (χ3v) is 5.28. The van der Waals surface area contributed by atoms with E-state index in [0.29, 0.717) is 48.6 Å². The molecule has 0 saturated carbocycles. The van der Waals surface area contributed by atoms with Gasteiger partial charge < -0.3 is 20.1 Å². The Morgan fingerprint density at radius 2 is 1.33 bits per heavy atom. The van der Waals surface area contributed by atoms with Gasteiger partial charge in [0.25, 0.3) is 11.8 Å². The molecule has 2 amide bonds. The molecule has 2 atom stereocenters. The second-order valence-corrected chi connectivity index (χ2v) is 7.44. The molecule has 2 heterocycles. The van der Waals surface area contributed by atoms with Gasteiger partial charge in [-0.15, -0.1) is 0 Å². The summed E-state index contributed by atoms with van der Waals surface area (Å²) in [5.41, 5.74) is 1.75. The van der Waals surface area contributed by atoms with Crippen LogP contribution in [0.3, 0.4) is 0 Å². The van der Waals surface area contributed by atoms with Gasteiger partial charge in [0, 0.05) is 24.3 Å². The van der Waals surface area contributed by atoms with Gasteiger partial charge in [0.15, 0.2) is 5.78 Å². The molecule has 0 unspecified atom stereocenters. The topological polar surface area (TPSA) is 93.7 Å². The third-order valence-electron chi connectivity index (χ3n) is 5.28. The van der Waals surface area contributed by atoms with E-state index in [-0.39, 0.29) is 17.6 Å². The standard InChI is InChI=1S/C23H24N2O5/c26-21(15-6-2-1-3-7-15)16-10-11-17(24-22(27)19-8-4-12-29-19)18(14-16)25-23(28)20-9-5-13-30-20/h1-3,6-7,10-11,14,19-20H,4-5,8-9,12-13H2,(H,24,27)(H,25,28)/t19-,20+/m0/s1. The molecule has 2 aromatic carbocycles. The molecular weight excluding hydrogens is 384 g/mol. The summed E-state index contributed by atoms with van der Waals surface area (Å²) in [5.74, 6) is -0.716. The van der Waals surface area contributed by atoms with Crippen LogP contribution in [0.5, 0.6) is 0 Å². The summed E-state index contributed by atoms with van der Waals surface area (Å²) >= 11 is 0. The summed E-state index contributed by atoms with van der Waals surface area (Å²) in [4.78, 5) is 37.9. The van der Waals surface area contributed by atoms with E-state index in [4.69, 9.17) is 9.47 Å². The summed E-state index contributed by atoms with van der Waals surface area (Å²) in [5, 5.41) is 5.65. The summed E-state index contributed by atoms with van der Waals surface area (Å²) in [6.45, 7) is 1.11. The van der Waals surface area contributed by atoms with Crippen molar-refractivity contribution in [1.29, 1.82) is 0 Å². The van der Waals surface area contributed by atoms with E-state index in [0.717, 1.165) is 12.8 Å². The third kappa shape index (κ3) is 4.58. The van der Waals surface area contributed by atoms with E-state index in [9.17, 15) is 14.4 Å². The molecule has 2 N–H and O–H groups in total. The molecule has 2 aromatic rings. The molecule has 2 saturated heterocycles. The number of nitrogens with one attached hydrogen (secondary N) is 2. The van der Waals surface area contributed by atoms with Gasteiger partial charge in [-0.25, -0.2) is 0 Å². The van der Waals surface area contributed by atoms with Crippen LogP contribution in [0, 0.1) is 0 Å². The van der Waals surface area contributed by atoms with Gasteiger partial charge in [0.1, 0.15) is 12.2 Å². The van der Waals surface area contributed by atoms with Crippen molar-refractivity contribution < 1.29 is 23.9 Å². The highest BCUT2D eigenvalue weighted by Crippen LogP contribution is 2.27. The molecule has 2 aliphatic rings. The zero-order valence-electron chi connectivity index (χ0n) is 16.6. The number of anilines is 2. The first kappa shape index (κ1) is 20.3. The van der Waals surface area contributed by atoms with Crippen molar-refractivity contribution in [3.05, 3.63) is 59.7 Å². The zero-order valence-corrected chi connectivity index (χ0v) is 16.6. The highest BCUT2D eigenvalue weighted by molar-refractivity contribution is 6.11. The van der Waals surface area contributed by atoms with E-state index >= 15 is 0 Å². The zero-order chi connectivity index (χ0) is 20.9. The Morgan fingerprint density at radius 3 is 1.90 bits per heavy atom. The minimum Gasteiger partial charge on any atom is -0.368 e. The molecule has 0 aromatic heterocycles. The van der Waals surface area contributed by atoms with Gasteiger partial charge in [-0.2, -0.15) is 0 Å². The largest absolute Gasteiger partial charge is 0.368 e. The fourth-order valence-electron chi connectivity index (χ4n) is 3.65. The number of benzene rings is 2. The van der Waals surface area contributed by atoms with Crippen molar-refractivity contribution in [2.45, 2.75) is 37.9 Å². The lowest BCUT2D eigenvalue weighted by Crippen LogP contribution is -2.29. The second kappa shape index (κ2) is 9.19. The number of amides is 2. The first-order valence-electron chi connectivity index (χ1n) is 10.2. The molecule has 2 fully saturated rings. The number of ether oxygens (including phenoxy) is 2. The molecule has 2 aliphatic heterocycles. The van der Waals surface area contributed by atoms with E-state index in [1.807, 2.05) is 6.07 Å². The Kier molecular flexibility index (Phi) is 6.21. The maximum absolute atomic E-state index is 12.8. The van der Waals surface area contributed by atoms with Gasteiger partial charge >= 0.3 is 0 Å². The SMILES string of the molecule is O=C(c1ccccc1)c1ccc(NC(=O)[C@@H]2CCCO2)c(NC(=O)[C@H]2CCCO2)c1. The predicted octanol–water partition coefficient (Wildman–Crippen LogP) is 3.15. The normalized spacial score (nSPS) is 20.7. The summed E-state index contributed by atoms with van der Waals surface area (Å²) in [7, 11) is 0. The van der Waals surface area contributed by atoms with Gasteiger partial charge in [-0.05, 0) is 43.9 Å². The van der Waals surface area contributed by atoms with Crippen LogP contribution in [0.2, 0.25) is 0 Å². The fraction of sp³-hybridized carbons (Fsp3) is 0.348. The van der Waals surface area contributed by atoms with Crippen molar-refractivity contribution in [1.82, 2.24) is 0 Å². The number of carbonyl (C=O) groups excluding carboxylic acids is 3. The molecule has 0 radical (unpaired) electrons. The van der Waals surface area contributed by atoms with Crippen molar-refractivity contribution in [3.8, 4) is 0 Å². The van der Waals surface area contributed by atoms with E-state index in [1.165, 1.54) is 0 Å². The highest BCUT2D eigenvalue weighted by atomic mass is 16.5. The Labute approximate surface area is 174 Å². The number of ketones is 1. The smallest absolute Gasteiger partial charge is 0.253 e. The predicted molar refractivity (Wildman–Crippen MR) is 112 cm³/mol. The molecule has 0 spiro atoms. The summed E-state index contributed by atoms with van der Waals surface area (Å²) in [6, 6.07) is 13.8. The molecule has 0 bridgehead atoms. The van der Waals surface area contributed by atoms with Crippen molar-refractivity contribution in [2.75, 3.05) is 23.8 Å². The monoisotopic (exact) mass is 408 g/mol. The Balaban J connectivity index is 1.59. The van der Waals surface area contributed by atoms with Crippen LogP contribution in [0.4, 0.5) is 11.4 Å². The maximum Gasteiger partial charge on any atom is 0.253 e. The number of hydrogen-bond donors (Lipinski definition) is 2. The van der Waals surface area contributed by atoms with E-state index < -0.39 is 12.2 Å². The van der Waals surface area contributed by atoms with Crippen LogP contribution in [0.15, 0.2) is 48.5 Å². The Bertz CT molecular complexity index is 932. The molecule has 156 valence electrons. The van der Waals surface area contributed by atoms with Crippen LogP contribution in [0.1, 0.15) is 41.6 Å². The fourth-order valence-corrected chi connectivity index (χ4v) is 3.65. The van der Waals surface area contributed by atoms with E-state index in [2.05, 4.69) is 10.6 Å². The average Bonchev–Trinajstić information content (AvgIpc) is 3.49. The molecular formula is C23H24N2O5. The van der Waals surface area contributed by atoms with Crippen molar-refractivity contribution in [3.63, 3.8) is 0 Å². The average molecular weight is 408 g/mol. The lowest BCUT2D eigenvalue weighted by atomic mass is 10.0. The molecule has 30 heavy (non-hydrogen) atoms. The number of hydrogen-bond acceptors (Lipinski definition) is 5. The van der Waals surface area contributed by atoms with Crippen molar-refractivity contribution >= 4 is 29.0 Å². The van der Waals surface area contributed by atoms with Crippen LogP contribution < -0.4 is 10.6 Å². The first-order valence-corrected chi connectivity index (χ1v) is 10.2. The maximum atomic E-state index is 12.8.